The van der Waals surface area contributed by atoms with Crippen molar-refractivity contribution in [2.45, 2.75) is 72.4 Å². The van der Waals surface area contributed by atoms with Crippen LogP contribution in [0.3, 0.4) is 0 Å². The average molecular weight is 273 g/mol. The second-order valence-corrected chi connectivity index (χ2v) is 7.47. The van der Waals surface area contributed by atoms with Gasteiger partial charge in [0.15, 0.2) is 0 Å². The van der Waals surface area contributed by atoms with E-state index >= 15 is 0 Å². The number of rotatable bonds is 4. The maximum absolute atomic E-state index is 3.86. The number of hydrogen-bond acceptors (Lipinski definition) is 1. The molecule has 3 unspecified atom stereocenters. The van der Waals surface area contributed by atoms with Gasteiger partial charge in [-0.25, -0.2) is 0 Å². The minimum atomic E-state index is 0.453. The average Bonchev–Trinajstić information content (AvgIpc) is 2.41. The van der Waals surface area contributed by atoms with E-state index in [1.54, 1.807) is 0 Å². The third-order valence-corrected chi connectivity index (χ3v) is 5.05. The first-order valence-corrected chi connectivity index (χ1v) is 8.26. The molecule has 1 N–H and O–H groups in total. The van der Waals surface area contributed by atoms with Crippen LogP contribution in [0.2, 0.25) is 0 Å². The van der Waals surface area contributed by atoms with E-state index in [2.05, 4.69) is 64.2 Å². The highest BCUT2D eigenvalue weighted by Crippen LogP contribution is 2.39. The third-order valence-electron chi connectivity index (χ3n) is 5.05. The number of hydrogen-bond donors (Lipinski definition) is 1. The van der Waals surface area contributed by atoms with Crippen molar-refractivity contribution in [3.05, 3.63) is 35.4 Å². The lowest BCUT2D eigenvalue weighted by molar-refractivity contribution is 0.143. The summed E-state index contributed by atoms with van der Waals surface area (Å²) < 4.78 is 0. The highest BCUT2D eigenvalue weighted by molar-refractivity contribution is 5.24. The highest BCUT2D eigenvalue weighted by atomic mass is 15.0. The number of benzene rings is 1. The standard InChI is InChI=1S/C19H31N/c1-6-16-7-9-17(10-8-16)15(3)20-18-11-12-19(4,5)13-14(18)2/h7-10,14-15,18,20H,6,11-13H2,1-5H3. The van der Waals surface area contributed by atoms with E-state index in [1.165, 1.54) is 30.4 Å². The molecule has 0 heterocycles. The Labute approximate surface area is 125 Å². The van der Waals surface area contributed by atoms with E-state index < -0.39 is 0 Å². The van der Waals surface area contributed by atoms with E-state index in [4.69, 9.17) is 0 Å². The van der Waals surface area contributed by atoms with Gasteiger partial charge in [0.1, 0.15) is 0 Å². The summed E-state index contributed by atoms with van der Waals surface area (Å²) in [5, 5.41) is 3.86. The van der Waals surface area contributed by atoms with Crippen LogP contribution in [0.5, 0.6) is 0 Å². The Balaban J connectivity index is 1.95. The topological polar surface area (TPSA) is 12.0 Å². The minimum absolute atomic E-state index is 0.453. The fourth-order valence-electron chi connectivity index (χ4n) is 3.65. The molecule has 2 rings (SSSR count). The molecule has 112 valence electrons. The predicted molar refractivity (Wildman–Crippen MR) is 88.0 cm³/mol. The molecular formula is C19H31N. The second-order valence-electron chi connectivity index (χ2n) is 7.47. The first kappa shape index (κ1) is 15.6. The van der Waals surface area contributed by atoms with Crippen LogP contribution >= 0.6 is 0 Å². The van der Waals surface area contributed by atoms with Gasteiger partial charge in [0.05, 0.1) is 0 Å². The molecule has 0 bridgehead atoms. The van der Waals surface area contributed by atoms with Crippen molar-refractivity contribution in [3.8, 4) is 0 Å². The first-order valence-electron chi connectivity index (χ1n) is 8.26. The van der Waals surface area contributed by atoms with Crippen molar-refractivity contribution < 1.29 is 0 Å². The summed E-state index contributed by atoms with van der Waals surface area (Å²) in [5.41, 5.74) is 3.37. The lowest BCUT2D eigenvalue weighted by Gasteiger charge is -2.40. The molecule has 1 saturated carbocycles. The van der Waals surface area contributed by atoms with Gasteiger partial charge in [-0.1, -0.05) is 52.0 Å². The molecule has 1 aliphatic carbocycles. The fraction of sp³-hybridized carbons (Fsp3) is 0.684. The van der Waals surface area contributed by atoms with E-state index in [9.17, 15) is 0 Å². The molecule has 1 aromatic rings. The van der Waals surface area contributed by atoms with Crippen molar-refractivity contribution in [2.75, 3.05) is 0 Å². The van der Waals surface area contributed by atoms with E-state index in [0.717, 1.165) is 12.3 Å². The molecule has 1 fully saturated rings. The summed E-state index contributed by atoms with van der Waals surface area (Å²) in [4.78, 5) is 0. The molecule has 1 aliphatic rings. The molecule has 0 aromatic heterocycles. The van der Waals surface area contributed by atoms with Gasteiger partial charge in [0, 0.05) is 12.1 Å². The molecule has 0 spiro atoms. The Kier molecular flexibility index (Phi) is 4.90. The molecule has 1 nitrogen and oxygen atoms in total. The number of nitrogens with one attached hydrogen (secondary N) is 1. The maximum atomic E-state index is 3.86. The van der Waals surface area contributed by atoms with Gasteiger partial charge in [-0.05, 0) is 55.1 Å². The molecule has 0 amide bonds. The monoisotopic (exact) mass is 273 g/mol. The van der Waals surface area contributed by atoms with Crippen LogP contribution in [-0.4, -0.2) is 6.04 Å². The minimum Gasteiger partial charge on any atom is -0.307 e. The van der Waals surface area contributed by atoms with Crippen molar-refractivity contribution in [1.82, 2.24) is 5.32 Å². The van der Waals surface area contributed by atoms with Crippen LogP contribution in [0, 0.1) is 11.3 Å². The summed E-state index contributed by atoms with van der Waals surface area (Å²) in [7, 11) is 0. The molecule has 0 aliphatic heterocycles. The molecule has 1 heteroatoms. The van der Waals surface area contributed by atoms with Crippen molar-refractivity contribution in [3.63, 3.8) is 0 Å². The van der Waals surface area contributed by atoms with Gasteiger partial charge in [-0.2, -0.15) is 0 Å². The quantitative estimate of drug-likeness (QED) is 0.803. The second kappa shape index (κ2) is 6.30. The van der Waals surface area contributed by atoms with Gasteiger partial charge in [-0.15, -0.1) is 0 Å². The molecule has 3 atom stereocenters. The molecule has 1 aromatic carbocycles. The van der Waals surface area contributed by atoms with Crippen LogP contribution in [0.15, 0.2) is 24.3 Å². The Morgan fingerprint density at radius 3 is 2.45 bits per heavy atom. The third kappa shape index (κ3) is 3.85. The zero-order valence-corrected chi connectivity index (χ0v) is 13.9. The van der Waals surface area contributed by atoms with Gasteiger partial charge >= 0.3 is 0 Å². The van der Waals surface area contributed by atoms with Crippen molar-refractivity contribution in [2.24, 2.45) is 11.3 Å². The molecule has 20 heavy (non-hydrogen) atoms. The zero-order chi connectivity index (χ0) is 14.8. The fourth-order valence-corrected chi connectivity index (χ4v) is 3.65. The van der Waals surface area contributed by atoms with Crippen molar-refractivity contribution in [1.29, 1.82) is 0 Å². The Morgan fingerprint density at radius 1 is 1.25 bits per heavy atom. The van der Waals surface area contributed by atoms with E-state index in [0.29, 0.717) is 17.5 Å². The largest absolute Gasteiger partial charge is 0.307 e. The summed E-state index contributed by atoms with van der Waals surface area (Å²) in [6.07, 6.45) is 5.12. The summed E-state index contributed by atoms with van der Waals surface area (Å²) in [6, 6.07) is 10.2. The maximum Gasteiger partial charge on any atom is 0.0294 e. The molecular weight excluding hydrogens is 242 g/mol. The smallest absolute Gasteiger partial charge is 0.0294 e. The molecule has 0 radical (unpaired) electrons. The van der Waals surface area contributed by atoms with Gasteiger partial charge in [0.25, 0.3) is 0 Å². The molecule has 0 saturated heterocycles. The van der Waals surface area contributed by atoms with Crippen LogP contribution in [0.4, 0.5) is 0 Å². The summed E-state index contributed by atoms with van der Waals surface area (Å²) in [6.45, 7) is 11.7. The normalized spacial score (nSPS) is 27.2. The van der Waals surface area contributed by atoms with E-state index in [-0.39, 0.29) is 0 Å². The first-order chi connectivity index (χ1) is 9.41. The van der Waals surface area contributed by atoms with Gasteiger partial charge in [-0.3, -0.25) is 0 Å². The summed E-state index contributed by atoms with van der Waals surface area (Å²) in [5.74, 6) is 0.774. The van der Waals surface area contributed by atoms with Crippen LogP contribution in [0.25, 0.3) is 0 Å². The van der Waals surface area contributed by atoms with Crippen LogP contribution < -0.4 is 5.32 Å². The zero-order valence-electron chi connectivity index (χ0n) is 13.9. The number of aryl methyl sites for hydroxylation is 1. The van der Waals surface area contributed by atoms with E-state index in [1.807, 2.05) is 0 Å². The highest BCUT2D eigenvalue weighted by Gasteiger charge is 2.32. The van der Waals surface area contributed by atoms with Crippen LogP contribution in [0.1, 0.15) is 71.0 Å². The van der Waals surface area contributed by atoms with Gasteiger partial charge < -0.3 is 5.32 Å². The van der Waals surface area contributed by atoms with Crippen molar-refractivity contribution >= 4 is 0 Å². The summed E-state index contributed by atoms with van der Waals surface area (Å²) >= 11 is 0. The van der Waals surface area contributed by atoms with Crippen LogP contribution in [-0.2, 0) is 6.42 Å². The SMILES string of the molecule is CCc1ccc(C(C)NC2CCC(C)(C)CC2C)cc1. The Bertz CT molecular complexity index is 418. The predicted octanol–water partition coefficient (Wildman–Crippen LogP) is 5.11. The lowest BCUT2D eigenvalue weighted by atomic mass is 9.70. The Morgan fingerprint density at radius 2 is 1.90 bits per heavy atom. The lowest BCUT2D eigenvalue weighted by Crippen LogP contribution is -2.42. The Hall–Kier alpha value is -0.820. The van der Waals surface area contributed by atoms with Gasteiger partial charge in [0.2, 0.25) is 0 Å².